The first-order valence-corrected chi connectivity index (χ1v) is 8.85. The number of thioether (sulfide) groups is 1. The Labute approximate surface area is 139 Å². The Bertz CT molecular complexity index is 594. The van der Waals surface area contributed by atoms with Crippen LogP contribution in [0.3, 0.4) is 0 Å². The zero-order valence-electron chi connectivity index (χ0n) is 12.7. The molecule has 2 heterocycles. The molecule has 0 aromatic heterocycles. The molecule has 6 nitrogen and oxygen atoms in total. The van der Waals surface area contributed by atoms with Crippen LogP contribution in [0, 0.1) is 0 Å². The van der Waals surface area contributed by atoms with E-state index in [1.807, 2.05) is 11.8 Å². The summed E-state index contributed by atoms with van der Waals surface area (Å²) in [6, 6.07) is 6.99. The summed E-state index contributed by atoms with van der Waals surface area (Å²) >= 11 is 1.84. The highest BCUT2D eigenvalue weighted by Gasteiger charge is 2.34. The quantitative estimate of drug-likeness (QED) is 0.767. The number of carbonyl (C=O) groups excluding carboxylic acids is 3. The zero-order chi connectivity index (χ0) is 16.2. The molecule has 2 aliphatic rings. The van der Waals surface area contributed by atoms with Crippen LogP contribution in [0.1, 0.15) is 27.1 Å². The van der Waals surface area contributed by atoms with Crippen molar-refractivity contribution in [3.05, 3.63) is 35.4 Å². The zero-order valence-corrected chi connectivity index (χ0v) is 13.5. The minimum Gasteiger partial charge on any atom is -0.354 e. The van der Waals surface area contributed by atoms with Crippen LogP contribution in [0.5, 0.6) is 0 Å². The van der Waals surface area contributed by atoms with Gasteiger partial charge < -0.3 is 10.6 Å². The van der Waals surface area contributed by atoms with E-state index in [9.17, 15) is 14.4 Å². The van der Waals surface area contributed by atoms with Gasteiger partial charge in [0.1, 0.15) is 0 Å². The Kier molecular flexibility index (Phi) is 4.97. The highest BCUT2D eigenvalue weighted by molar-refractivity contribution is 7.99. The van der Waals surface area contributed by atoms with E-state index in [-0.39, 0.29) is 36.9 Å². The average molecular weight is 333 g/mol. The van der Waals surface area contributed by atoms with Crippen molar-refractivity contribution < 1.29 is 14.4 Å². The van der Waals surface area contributed by atoms with Gasteiger partial charge in [-0.2, -0.15) is 11.8 Å². The number of rotatable bonds is 5. The summed E-state index contributed by atoms with van der Waals surface area (Å²) in [5.41, 5.74) is 0.875. The molecule has 23 heavy (non-hydrogen) atoms. The van der Waals surface area contributed by atoms with Crippen molar-refractivity contribution in [2.24, 2.45) is 0 Å². The molecule has 0 spiro atoms. The first-order chi connectivity index (χ1) is 11.2. The van der Waals surface area contributed by atoms with Gasteiger partial charge in [0.2, 0.25) is 5.91 Å². The third-order valence-electron chi connectivity index (χ3n) is 3.97. The number of fused-ring (bicyclic) bond motifs is 1. The molecular formula is C16H19N3O3S. The van der Waals surface area contributed by atoms with E-state index in [0.717, 1.165) is 18.1 Å². The van der Waals surface area contributed by atoms with Gasteiger partial charge in [-0.05, 0) is 12.1 Å². The van der Waals surface area contributed by atoms with Gasteiger partial charge in [0.25, 0.3) is 11.8 Å². The molecule has 3 rings (SSSR count). The van der Waals surface area contributed by atoms with Crippen molar-refractivity contribution in [1.29, 1.82) is 0 Å². The van der Waals surface area contributed by atoms with E-state index >= 15 is 0 Å². The van der Waals surface area contributed by atoms with Crippen LogP contribution in [-0.4, -0.2) is 59.8 Å². The van der Waals surface area contributed by atoms with Gasteiger partial charge in [-0.3, -0.25) is 19.3 Å². The smallest absolute Gasteiger partial charge is 0.261 e. The Morgan fingerprint density at radius 2 is 1.96 bits per heavy atom. The lowest BCUT2D eigenvalue weighted by Crippen LogP contribution is -2.43. The predicted molar refractivity (Wildman–Crippen MR) is 88.6 cm³/mol. The largest absolute Gasteiger partial charge is 0.354 e. The van der Waals surface area contributed by atoms with E-state index in [4.69, 9.17) is 0 Å². The lowest BCUT2D eigenvalue weighted by Gasteiger charge is -2.22. The van der Waals surface area contributed by atoms with Crippen molar-refractivity contribution in [2.45, 2.75) is 12.5 Å². The third-order valence-corrected chi connectivity index (χ3v) is 5.10. The maximum Gasteiger partial charge on any atom is 0.261 e. The number of imide groups is 1. The molecule has 1 aromatic rings. The van der Waals surface area contributed by atoms with Crippen LogP contribution < -0.4 is 10.6 Å². The van der Waals surface area contributed by atoms with Crippen LogP contribution in [0.4, 0.5) is 0 Å². The lowest BCUT2D eigenvalue weighted by molar-refractivity contribution is -0.121. The molecule has 0 radical (unpaired) electrons. The number of carbonyl (C=O) groups is 3. The molecule has 1 aromatic carbocycles. The summed E-state index contributed by atoms with van der Waals surface area (Å²) in [5, 5.41) is 6.10. The fraction of sp³-hybridized carbons (Fsp3) is 0.438. The van der Waals surface area contributed by atoms with Gasteiger partial charge in [0.15, 0.2) is 0 Å². The van der Waals surface area contributed by atoms with Crippen LogP contribution in [0.2, 0.25) is 0 Å². The van der Waals surface area contributed by atoms with Gasteiger partial charge in [-0.25, -0.2) is 0 Å². The molecule has 0 bridgehead atoms. The van der Waals surface area contributed by atoms with Crippen molar-refractivity contribution in [3.63, 3.8) is 0 Å². The van der Waals surface area contributed by atoms with Crippen molar-refractivity contribution in [3.8, 4) is 0 Å². The lowest BCUT2D eigenvalue weighted by atomic mass is 10.1. The van der Waals surface area contributed by atoms with Gasteiger partial charge in [0.05, 0.1) is 11.1 Å². The Morgan fingerprint density at radius 3 is 2.57 bits per heavy atom. The fourth-order valence-electron chi connectivity index (χ4n) is 2.80. The van der Waals surface area contributed by atoms with Crippen molar-refractivity contribution >= 4 is 29.5 Å². The van der Waals surface area contributed by atoms with Gasteiger partial charge in [0, 0.05) is 43.6 Å². The summed E-state index contributed by atoms with van der Waals surface area (Å²) in [6.45, 7) is 1.41. The SMILES string of the molecule is O=C(CC1CSCCN1)NCCN1C(=O)c2ccccc2C1=O. The summed E-state index contributed by atoms with van der Waals surface area (Å²) in [4.78, 5) is 37.5. The first kappa shape index (κ1) is 16.0. The molecule has 1 fully saturated rings. The minimum absolute atomic E-state index is 0.0541. The van der Waals surface area contributed by atoms with Crippen molar-refractivity contribution in [2.75, 3.05) is 31.1 Å². The number of benzene rings is 1. The molecule has 2 N–H and O–H groups in total. The van der Waals surface area contributed by atoms with E-state index in [2.05, 4.69) is 10.6 Å². The average Bonchev–Trinajstić information content (AvgIpc) is 2.81. The minimum atomic E-state index is -0.287. The second-order valence-corrected chi connectivity index (χ2v) is 6.74. The van der Waals surface area contributed by atoms with E-state index < -0.39 is 0 Å². The molecule has 2 aliphatic heterocycles. The molecular weight excluding hydrogens is 314 g/mol. The summed E-state index contributed by atoms with van der Waals surface area (Å²) in [7, 11) is 0. The summed E-state index contributed by atoms with van der Waals surface area (Å²) in [6.07, 6.45) is 0.426. The van der Waals surface area contributed by atoms with Gasteiger partial charge in [-0.15, -0.1) is 0 Å². The maximum atomic E-state index is 12.2. The normalized spacial score (nSPS) is 20.5. The van der Waals surface area contributed by atoms with Crippen LogP contribution in [-0.2, 0) is 4.79 Å². The van der Waals surface area contributed by atoms with E-state index in [1.165, 1.54) is 4.90 Å². The summed E-state index contributed by atoms with van der Waals surface area (Å²) in [5.74, 6) is 1.39. The second kappa shape index (κ2) is 7.14. The number of nitrogens with one attached hydrogen (secondary N) is 2. The molecule has 7 heteroatoms. The van der Waals surface area contributed by atoms with Gasteiger partial charge in [-0.1, -0.05) is 12.1 Å². The highest BCUT2D eigenvalue weighted by Crippen LogP contribution is 2.21. The molecule has 3 amide bonds. The first-order valence-electron chi connectivity index (χ1n) is 7.70. The maximum absolute atomic E-state index is 12.2. The summed E-state index contributed by atoms with van der Waals surface area (Å²) < 4.78 is 0. The number of amides is 3. The number of hydrogen-bond acceptors (Lipinski definition) is 5. The molecule has 0 saturated carbocycles. The van der Waals surface area contributed by atoms with E-state index in [0.29, 0.717) is 17.5 Å². The Hall–Kier alpha value is -1.86. The Morgan fingerprint density at radius 1 is 1.26 bits per heavy atom. The number of hydrogen-bond donors (Lipinski definition) is 2. The molecule has 1 unspecified atom stereocenters. The molecule has 122 valence electrons. The van der Waals surface area contributed by atoms with Crippen molar-refractivity contribution in [1.82, 2.24) is 15.5 Å². The predicted octanol–water partition coefficient (Wildman–Crippen LogP) is 0.494. The van der Waals surface area contributed by atoms with Crippen LogP contribution in [0.25, 0.3) is 0 Å². The number of nitrogens with zero attached hydrogens (tertiary/aromatic N) is 1. The monoisotopic (exact) mass is 333 g/mol. The van der Waals surface area contributed by atoms with Crippen LogP contribution >= 0.6 is 11.8 Å². The third kappa shape index (κ3) is 3.56. The van der Waals surface area contributed by atoms with Gasteiger partial charge >= 0.3 is 0 Å². The Balaban J connectivity index is 1.47. The standard InChI is InChI=1S/C16H19N3O3S/c20-14(9-11-10-23-8-6-17-11)18-5-7-19-15(21)12-3-1-2-4-13(12)16(19)22/h1-4,11,17H,5-10H2,(H,18,20). The molecule has 0 aliphatic carbocycles. The molecule has 1 saturated heterocycles. The van der Waals surface area contributed by atoms with E-state index in [1.54, 1.807) is 24.3 Å². The fourth-order valence-corrected chi connectivity index (χ4v) is 3.75. The topological polar surface area (TPSA) is 78.5 Å². The second-order valence-electron chi connectivity index (χ2n) is 5.59. The highest BCUT2D eigenvalue weighted by atomic mass is 32.2. The van der Waals surface area contributed by atoms with Crippen LogP contribution in [0.15, 0.2) is 24.3 Å². The molecule has 1 atom stereocenters.